The van der Waals surface area contributed by atoms with Gasteiger partial charge in [0.05, 0.1) is 18.7 Å². The van der Waals surface area contributed by atoms with Gasteiger partial charge < -0.3 is 19.7 Å². The lowest BCUT2D eigenvalue weighted by atomic mass is 9.87. The number of nitriles is 1. The first kappa shape index (κ1) is 18.5. The molecule has 2 aliphatic heterocycles. The minimum atomic E-state index is -0.903. The molecule has 0 saturated carbocycles. The number of piperidine rings is 1. The first-order valence-corrected chi connectivity index (χ1v) is 8.49. The van der Waals surface area contributed by atoms with Gasteiger partial charge in [0, 0.05) is 26.2 Å². The van der Waals surface area contributed by atoms with Gasteiger partial charge in [-0.05, 0) is 25.0 Å². The lowest BCUT2D eigenvalue weighted by Gasteiger charge is -2.37. The van der Waals surface area contributed by atoms with Gasteiger partial charge in [0.25, 0.3) is 11.8 Å². The Morgan fingerprint density at radius 2 is 2.00 bits per heavy atom. The Morgan fingerprint density at radius 3 is 2.56 bits per heavy atom. The van der Waals surface area contributed by atoms with Crippen molar-refractivity contribution in [3.8, 4) is 17.6 Å². The molecule has 27 heavy (non-hydrogen) atoms. The molecule has 9 heteroatoms. The second kappa shape index (κ2) is 7.15. The van der Waals surface area contributed by atoms with Crippen LogP contribution in [-0.2, 0) is 9.59 Å². The lowest BCUT2D eigenvalue weighted by Crippen LogP contribution is -2.56. The summed E-state index contributed by atoms with van der Waals surface area (Å²) in [7, 11) is 2.90. The van der Waals surface area contributed by atoms with E-state index in [-0.39, 0.29) is 18.4 Å². The van der Waals surface area contributed by atoms with Crippen molar-refractivity contribution in [1.29, 1.82) is 5.26 Å². The van der Waals surface area contributed by atoms with Gasteiger partial charge in [-0.2, -0.15) is 5.26 Å². The number of nitrogens with one attached hydrogen (secondary N) is 1. The van der Waals surface area contributed by atoms with Crippen molar-refractivity contribution in [1.82, 2.24) is 15.1 Å². The fourth-order valence-electron chi connectivity index (χ4n) is 3.32. The van der Waals surface area contributed by atoms with E-state index in [2.05, 4.69) is 5.32 Å². The number of ether oxygens (including phenoxy) is 2. The number of hydrogen-bond donors (Lipinski definition) is 1. The highest BCUT2D eigenvalue weighted by Crippen LogP contribution is 2.30. The van der Waals surface area contributed by atoms with Crippen LogP contribution in [0.2, 0.25) is 0 Å². The molecule has 0 aromatic heterocycles. The van der Waals surface area contributed by atoms with E-state index in [1.165, 1.54) is 20.2 Å². The maximum Gasteiger partial charge on any atom is 0.324 e. The highest BCUT2D eigenvalue weighted by molar-refractivity contribution is 6.06. The number of benzene rings is 1. The number of likely N-dealkylation sites (tertiary alicyclic amines) is 1. The highest BCUT2D eigenvalue weighted by atomic mass is 16.5. The maximum absolute atomic E-state index is 12.4. The van der Waals surface area contributed by atoms with Crippen molar-refractivity contribution in [2.75, 3.05) is 33.9 Å². The summed E-state index contributed by atoms with van der Waals surface area (Å²) in [6.45, 7) is 0.522. The van der Waals surface area contributed by atoms with Gasteiger partial charge in [-0.25, -0.2) is 4.79 Å². The third-order valence-electron chi connectivity index (χ3n) is 4.98. The Labute approximate surface area is 156 Å². The zero-order valence-electron chi connectivity index (χ0n) is 15.2. The largest absolute Gasteiger partial charge is 0.493 e. The van der Waals surface area contributed by atoms with Gasteiger partial charge in [-0.3, -0.25) is 14.5 Å². The molecule has 0 bridgehead atoms. The summed E-state index contributed by atoms with van der Waals surface area (Å²) < 4.78 is 10.7. The molecule has 1 N–H and O–H groups in total. The predicted molar refractivity (Wildman–Crippen MR) is 93.1 cm³/mol. The number of carbonyl (C=O) groups excluding carboxylic acids is 3. The molecular formula is C18H20N4O5. The SMILES string of the molecule is COc1cc(C#N)ccc1OCC(=O)N1CCC2(CC1)NC(=O)N(C)C2=O. The molecule has 2 saturated heterocycles. The number of carbonyl (C=O) groups is 3. The molecule has 1 aromatic carbocycles. The molecule has 2 heterocycles. The van der Waals surface area contributed by atoms with Crippen molar-refractivity contribution < 1.29 is 23.9 Å². The number of rotatable bonds is 4. The lowest BCUT2D eigenvalue weighted by molar-refractivity contribution is -0.139. The molecule has 0 radical (unpaired) electrons. The van der Waals surface area contributed by atoms with Crippen LogP contribution in [0, 0.1) is 11.3 Å². The molecule has 1 spiro atoms. The Bertz CT molecular complexity index is 824. The van der Waals surface area contributed by atoms with Crippen LogP contribution < -0.4 is 14.8 Å². The maximum atomic E-state index is 12.4. The molecule has 2 fully saturated rings. The molecule has 3 rings (SSSR count). The number of likely N-dealkylation sites (N-methyl/N-ethyl adjacent to an activating group) is 1. The van der Waals surface area contributed by atoms with E-state index in [9.17, 15) is 14.4 Å². The molecule has 2 aliphatic rings. The molecule has 1 aromatic rings. The molecule has 0 atom stereocenters. The number of amides is 4. The van der Waals surface area contributed by atoms with E-state index in [1.54, 1.807) is 17.0 Å². The number of imide groups is 1. The van der Waals surface area contributed by atoms with Crippen molar-refractivity contribution in [2.45, 2.75) is 18.4 Å². The van der Waals surface area contributed by atoms with Crippen LogP contribution in [0.15, 0.2) is 18.2 Å². The van der Waals surface area contributed by atoms with E-state index >= 15 is 0 Å². The van der Waals surface area contributed by atoms with Gasteiger partial charge in [-0.15, -0.1) is 0 Å². The standard InChI is InChI=1S/C18H20N4O5/c1-21-16(24)18(20-17(21)25)5-7-22(8-6-18)15(23)11-27-13-4-3-12(10-19)9-14(13)26-2/h3-4,9H,5-8,11H2,1-2H3,(H,20,25). The van der Waals surface area contributed by atoms with E-state index in [0.29, 0.717) is 43.0 Å². The Kier molecular flexibility index (Phi) is 4.90. The van der Waals surface area contributed by atoms with Crippen LogP contribution >= 0.6 is 0 Å². The quantitative estimate of drug-likeness (QED) is 0.770. The monoisotopic (exact) mass is 372 g/mol. The summed E-state index contributed by atoms with van der Waals surface area (Å²) in [5, 5.41) is 11.7. The van der Waals surface area contributed by atoms with Crippen molar-refractivity contribution in [2.24, 2.45) is 0 Å². The fourth-order valence-corrected chi connectivity index (χ4v) is 3.32. The zero-order chi connectivity index (χ0) is 19.6. The van der Waals surface area contributed by atoms with Crippen LogP contribution in [0.1, 0.15) is 18.4 Å². The molecule has 4 amide bonds. The summed E-state index contributed by atoms with van der Waals surface area (Å²) in [5.74, 6) is 0.277. The Hall–Kier alpha value is -3.28. The van der Waals surface area contributed by atoms with E-state index in [4.69, 9.17) is 14.7 Å². The third-order valence-corrected chi connectivity index (χ3v) is 4.98. The molecule has 142 valence electrons. The number of hydrogen-bond acceptors (Lipinski definition) is 6. The molecule has 0 unspecified atom stereocenters. The van der Waals surface area contributed by atoms with Crippen molar-refractivity contribution in [3.63, 3.8) is 0 Å². The minimum Gasteiger partial charge on any atom is -0.493 e. The van der Waals surface area contributed by atoms with Crippen LogP contribution in [0.5, 0.6) is 11.5 Å². The number of methoxy groups -OCH3 is 1. The van der Waals surface area contributed by atoms with Gasteiger partial charge in [0.15, 0.2) is 18.1 Å². The van der Waals surface area contributed by atoms with Crippen molar-refractivity contribution >= 4 is 17.8 Å². The van der Waals surface area contributed by atoms with Crippen LogP contribution in [0.25, 0.3) is 0 Å². The number of urea groups is 1. The van der Waals surface area contributed by atoms with Gasteiger partial charge >= 0.3 is 6.03 Å². The molecule has 0 aliphatic carbocycles. The first-order chi connectivity index (χ1) is 12.9. The summed E-state index contributed by atoms with van der Waals surface area (Å²) >= 11 is 0. The summed E-state index contributed by atoms with van der Waals surface area (Å²) in [6.07, 6.45) is 0.738. The van der Waals surface area contributed by atoms with Gasteiger partial charge in [0.2, 0.25) is 0 Å². The third kappa shape index (κ3) is 3.38. The average Bonchev–Trinajstić information content (AvgIpc) is 2.90. The minimum absolute atomic E-state index is 0.185. The van der Waals surface area contributed by atoms with Gasteiger partial charge in [0.1, 0.15) is 5.54 Å². The van der Waals surface area contributed by atoms with E-state index in [0.717, 1.165) is 4.90 Å². The van der Waals surface area contributed by atoms with Gasteiger partial charge in [-0.1, -0.05) is 0 Å². The number of nitrogens with zero attached hydrogens (tertiary/aromatic N) is 3. The second-order valence-electron chi connectivity index (χ2n) is 6.52. The topological polar surface area (TPSA) is 112 Å². The fraction of sp³-hybridized carbons (Fsp3) is 0.444. The summed E-state index contributed by atoms with van der Waals surface area (Å²) in [6, 6.07) is 6.30. The highest BCUT2D eigenvalue weighted by Gasteiger charge is 2.51. The van der Waals surface area contributed by atoms with Crippen LogP contribution in [-0.4, -0.2) is 67.0 Å². The molecular weight excluding hydrogens is 352 g/mol. The van der Waals surface area contributed by atoms with Crippen LogP contribution in [0.4, 0.5) is 4.79 Å². The summed E-state index contributed by atoms with van der Waals surface area (Å²) in [4.78, 5) is 39.1. The smallest absolute Gasteiger partial charge is 0.324 e. The first-order valence-electron chi connectivity index (χ1n) is 8.49. The van der Waals surface area contributed by atoms with E-state index < -0.39 is 11.6 Å². The Balaban J connectivity index is 1.57. The normalized spacial score (nSPS) is 18.3. The van der Waals surface area contributed by atoms with E-state index in [1.807, 2.05) is 6.07 Å². The average molecular weight is 372 g/mol. The Morgan fingerprint density at radius 1 is 1.30 bits per heavy atom. The summed E-state index contributed by atoms with van der Waals surface area (Å²) in [5.41, 5.74) is -0.472. The molecule has 9 nitrogen and oxygen atoms in total. The van der Waals surface area contributed by atoms with Crippen LogP contribution in [0.3, 0.4) is 0 Å². The second-order valence-corrected chi connectivity index (χ2v) is 6.52. The predicted octanol–water partition coefficient (Wildman–Crippen LogP) is 0.488. The van der Waals surface area contributed by atoms with Crippen molar-refractivity contribution in [3.05, 3.63) is 23.8 Å². The zero-order valence-corrected chi connectivity index (χ0v) is 15.2.